The summed E-state index contributed by atoms with van der Waals surface area (Å²) in [5.41, 5.74) is 0. The van der Waals surface area contributed by atoms with Crippen molar-refractivity contribution in [2.75, 3.05) is 6.61 Å². The summed E-state index contributed by atoms with van der Waals surface area (Å²) in [6.07, 6.45) is 2.95. The first-order chi connectivity index (χ1) is 5.16. The van der Waals surface area contributed by atoms with Gasteiger partial charge in [-0.3, -0.25) is 0 Å². The van der Waals surface area contributed by atoms with E-state index in [1.165, 1.54) is 6.08 Å². The van der Waals surface area contributed by atoms with Gasteiger partial charge >= 0.3 is 11.9 Å². The van der Waals surface area contributed by atoms with Crippen LogP contribution in [0, 0.1) is 0 Å². The van der Waals surface area contributed by atoms with Crippen LogP contribution in [0.3, 0.4) is 0 Å². The smallest absolute Gasteiger partial charge is 0.331 e. The van der Waals surface area contributed by atoms with Gasteiger partial charge in [0, 0.05) is 12.2 Å². The molecule has 0 aromatic carbocycles. The van der Waals surface area contributed by atoms with Crippen LogP contribution in [0.15, 0.2) is 24.8 Å². The van der Waals surface area contributed by atoms with Crippen molar-refractivity contribution >= 4 is 11.9 Å². The zero-order valence-electron chi connectivity index (χ0n) is 5.82. The summed E-state index contributed by atoms with van der Waals surface area (Å²) in [5.74, 6) is -1.87. The highest BCUT2D eigenvalue weighted by atomic mass is 16.5. The second kappa shape index (κ2) is 5.22. The van der Waals surface area contributed by atoms with Gasteiger partial charge in [-0.1, -0.05) is 12.7 Å². The predicted octanol–water partition coefficient (Wildman–Crippen LogP) is 0.356. The summed E-state index contributed by atoms with van der Waals surface area (Å²) < 4.78 is 4.43. The van der Waals surface area contributed by atoms with Crippen LogP contribution >= 0.6 is 0 Å². The van der Waals surface area contributed by atoms with E-state index >= 15 is 0 Å². The third kappa shape index (κ3) is 6.30. The van der Waals surface area contributed by atoms with E-state index in [9.17, 15) is 9.59 Å². The maximum atomic E-state index is 10.5. The van der Waals surface area contributed by atoms with Crippen molar-refractivity contribution in [1.82, 2.24) is 0 Å². The Morgan fingerprint density at radius 3 is 2.55 bits per heavy atom. The lowest BCUT2D eigenvalue weighted by atomic mass is 10.5. The maximum Gasteiger partial charge on any atom is 0.331 e. The second-order valence-corrected chi connectivity index (χ2v) is 1.59. The summed E-state index contributed by atoms with van der Waals surface area (Å²) in [4.78, 5) is 20.3. The van der Waals surface area contributed by atoms with E-state index in [2.05, 4.69) is 11.3 Å². The van der Waals surface area contributed by atoms with Gasteiger partial charge < -0.3 is 9.84 Å². The van der Waals surface area contributed by atoms with Crippen molar-refractivity contribution in [3.63, 3.8) is 0 Å². The van der Waals surface area contributed by atoms with Crippen LogP contribution in [0.2, 0.25) is 0 Å². The van der Waals surface area contributed by atoms with E-state index in [1.54, 1.807) is 0 Å². The number of carbonyl (C=O) groups is 2. The van der Waals surface area contributed by atoms with Gasteiger partial charge in [0.2, 0.25) is 0 Å². The molecule has 0 fully saturated rings. The van der Waals surface area contributed by atoms with Gasteiger partial charge in [-0.05, 0) is 0 Å². The van der Waals surface area contributed by atoms with Gasteiger partial charge in [-0.2, -0.15) is 0 Å². The van der Waals surface area contributed by atoms with Crippen LogP contribution in [0.4, 0.5) is 0 Å². The van der Waals surface area contributed by atoms with Gasteiger partial charge in [-0.15, -0.1) is 0 Å². The molecule has 0 amide bonds. The number of esters is 1. The topological polar surface area (TPSA) is 63.6 Å². The van der Waals surface area contributed by atoms with Crippen molar-refractivity contribution in [2.45, 2.75) is 0 Å². The number of carbonyl (C=O) groups excluding carboxylic acids is 1. The monoisotopic (exact) mass is 156 g/mol. The average molecular weight is 156 g/mol. The molecular weight excluding hydrogens is 148 g/mol. The molecule has 0 aliphatic carbocycles. The zero-order chi connectivity index (χ0) is 8.69. The van der Waals surface area contributed by atoms with E-state index in [-0.39, 0.29) is 6.61 Å². The zero-order valence-corrected chi connectivity index (χ0v) is 5.82. The number of aliphatic carboxylic acids is 1. The van der Waals surface area contributed by atoms with Crippen LogP contribution in [0.1, 0.15) is 0 Å². The fourth-order valence-corrected chi connectivity index (χ4v) is 0.329. The molecule has 0 aromatic heterocycles. The first-order valence-electron chi connectivity index (χ1n) is 2.85. The summed E-state index contributed by atoms with van der Waals surface area (Å²) in [6.45, 7) is 3.40. The SMILES string of the molecule is C=CCOC(=O)C=CC(=O)O. The Hall–Kier alpha value is -1.58. The molecule has 60 valence electrons. The summed E-state index contributed by atoms with van der Waals surface area (Å²) in [6, 6.07) is 0. The van der Waals surface area contributed by atoms with Crippen LogP contribution in [0.5, 0.6) is 0 Å². The molecule has 11 heavy (non-hydrogen) atoms. The molecule has 4 heteroatoms. The molecule has 0 radical (unpaired) electrons. The van der Waals surface area contributed by atoms with Crippen molar-refractivity contribution in [3.05, 3.63) is 24.8 Å². The molecule has 0 unspecified atom stereocenters. The summed E-state index contributed by atoms with van der Waals surface area (Å²) >= 11 is 0. The number of rotatable bonds is 4. The van der Waals surface area contributed by atoms with Crippen molar-refractivity contribution in [2.24, 2.45) is 0 Å². The molecule has 0 atom stereocenters. The molecule has 0 heterocycles. The van der Waals surface area contributed by atoms with E-state index in [0.29, 0.717) is 6.08 Å². The molecule has 0 aromatic rings. The maximum absolute atomic E-state index is 10.5. The quantitative estimate of drug-likeness (QED) is 0.362. The Bertz CT molecular complexity index is 193. The van der Waals surface area contributed by atoms with Gasteiger partial charge in [0.1, 0.15) is 6.61 Å². The van der Waals surface area contributed by atoms with Crippen LogP contribution in [0.25, 0.3) is 0 Å². The molecule has 0 spiro atoms. The van der Waals surface area contributed by atoms with Crippen molar-refractivity contribution in [3.8, 4) is 0 Å². The molecule has 0 rings (SSSR count). The predicted molar refractivity (Wildman–Crippen MR) is 37.9 cm³/mol. The number of hydrogen-bond donors (Lipinski definition) is 1. The normalized spacial score (nSPS) is 9.45. The Morgan fingerprint density at radius 1 is 1.45 bits per heavy atom. The highest BCUT2D eigenvalue weighted by Gasteiger charge is 1.94. The minimum Gasteiger partial charge on any atom is -0.478 e. The van der Waals surface area contributed by atoms with Gasteiger partial charge in [0.05, 0.1) is 0 Å². The Kier molecular flexibility index (Phi) is 4.47. The highest BCUT2D eigenvalue weighted by Crippen LogP contribution is 1.81. The van der Waals surface area contributed by atoms with Gasteiger partial charge in [0.15, 0.2) is 0 Å². The molecule has 0 saturated heterocycles. The van der Waals surface area contributed by atoms with Crippen LogP contribution in [-0.4, -0.2) is 23.7 Å². The first kappa shape index (κ1) is 9.42. The number of hydrogen-bond acceptors (Lipinski definition) is 3. The fourth-order valence-electron chi connectivity index (χ4n) is 0.329. The molecule has 0 aliphatic heterocycles. The minimum atomic E-state index is -1.18. The van der Waals surface area contributed by atoms with Gasteiger partial charge in [-0.25, -0.2) is 9.59 Å². The van der Waals surface area contributed by atoms with E-state index < -0.39 is 11.9 Å². The van der Waals surface area contributed by atoms with E-state index in [1.807, 2.05) is 0 Å². The van der Waals surface area contributed by atoms with Crippen LogP contribution < -0.4 is 0 Å². The Balaban J connectivity index is 3.68. The van der Waals surface area contributed by atoms with Gasteiger partial charge in [0.25, 0.3) is 0 Å². The van der Waals surface area contributed by atoms with Crippen LogP contribution in [-0.2, 0) is 14.3 Å². The highest BCUT2D eigenvalue weighted by molar-refractivity contribution is 5.90. The second-order valence-electron chi connectivity index (χ2n) is 1.59. The van der Waals surface area contributed by atoms with Crippen molar-refractivity contribution in [1.29, 1.82) is 0 Å². The Morgan fingerprint density at radius 2 is 2.09 bits per heavy atom. The van der Waals surface area contributed by atoms with E-state index in [4.69, 9.17) is 5.11 Å². The third-order valence-corrected chi connectivity index (χ3v) is 0.705. The Labute approximate surface area is 63.8 Å². The molecule has 4 nitrogen and oxygen atoms in total. The standard InChI is InChI=1S/C7H8O4/c1-2-5-11-7(10)4-3-6(8)9/h2-4H,1,5H2,(H,8,9). The minimum absolute atomic E-state index is 0.0861. The first-order valence-corrected chi connectivity index (χ1v) is 2.85. The van der Waals surface area contributed by atoms with Crippen molar-refractivity contribution < 1.29 is 19.4 Å². The lowest BCUT2D eigenvalue weighted by Gasteiger charge is -1.93. The lowest BCUT2D eigenvalue weighted by Crippen LogP contribution is -2.01. The third-order valence-electron chi connectivity index (χ3n) is 0.705. The largest absolute Gasteiger partial charge is 0.478 e. The molecule has 0 bridgehead atoms. The number of ether oxygens (including phenoxy) is 1. The molecule has 1 N–H and O–H groups in total. The molecule has 0 aliphatic rings. The average Bonchev–Trinajstić information content (AvgIpc) is 1.97. The fraction of sp³-hybridized carbons (Fsp3) is 0.143. The lowest BCUT2D eigenvalue weighted by molar-refractivity contribution is -0.137. The molecule has 0 saturated carbocycles. The number of carboxylic acid groups (broad SMARTS) is 1. The summed E-state index contributed by atoms with van der Waals surface area (Å²) in [7, 11) is 0. The number of carboxylic acids is 1. The molecular formula is C7H8O4. The summed E-state index contributed by atoms with van der Waals surface area (Å²) in [5, 5.41) is 8.07. The van der Waals surface area contributed by atoms with E-state index in [0.717, 1.165) is 6.08 Å².